The van der Waals surface area contributed by atoms with Crippen LogP contribution in [0.3, 0.4) is 0 Å². The quantitative estimate of drug-likeness (QED) is 0.705. The molecular weight excluding hydrogens is 342 g/mol. The SMILES string of the molecule is CCN1C(=S)N[C@H](c2ccccn2)[C@H]1c1cccn1Cc1cccnc1. The van der Waals surface area contributed by atoms with Crippen molar-refractivity contribution in [2.75, 3.05) is 6.54 Å². The first-order chi connectivity index (χ1) is 12.8. The van der Waals surface area contributed by atoms with Crippen molar-refractivity contribution in [2.45, 2.75) is 25.6 Å². The molecule has 1 aliphatic heterocycles. The lowest BCUT2D eigenvalue weighted by Gasteiger charge is -2.28. The molecule has 0 bridgehead atoms. The fourth-order valence-corrected chi connectivity index (χ4v) is 3.97. The zero-order valence-electron chi connectivity index (χ0n) is 14.6. The summed E-state index contributed by atoms with van der Waals surface area (Å²) < 4.78 is 2.27. The number of rotatable bonds is 5. The minimum absolute atomic E-state index is 0.0335. The lowest BCUT2D eigenvalue weighted by atomic mass is 10.0. The van der Waals surface area contributed by atoms with Gasteiger partial charge < -0.3 is 14.8 Å². The van der Waals surface area contributed by atoms with Crippen molar-refractivity contribution in [1.29, 1.82) is 0 Å². The molecule has 0 saturated carbocycles. The van der Waals surface area contributed by atoms with E-state index in [2.05, 4.69) is 62.1 Å². The summed E-state index contributed by atoms with van der Waals surface area (Å²) in [7, 11) is 0. The molecule has 4 rings (SSSR count). The standard InChI is InChI=1S/C20H21N5S/c1-2-25-19(18(23-20(25)26)16-8-3-4-11-22-16)17-9-6-12-24(17)14-15-7-5-10-21-13-15/h3-13,18-19H,2,14H2,1H3,(H,23,26)/t18-,19-/m1/s1. The fourth-order valence-electron chi connectivity index (χ4n) is 3.60. The van der Waals surface area contributed by atoms with Crippen LogP contribution in [0.5, 0.6) is 0 Å². The molecule has 132 valence electrons. The molecule has 3 aromatic rings. The molecule has 2 atom stereocenters. The average molecular weight is 363 g/mol. The van der Waals surface area contributed by atoms with Gasteiger partial charge in [0.25, 0.3) is 0 Å². The molecule has 6 heteroatoms. The highest BCUT2D eigenvalue weighted by Gasteiger charge is 2.40. The summed E-state index contributed by atoms with van der Waals surface area (Å²) in [6.45, 7) is 3.76. The molecule has 26 heavy (non-hydrogen) atoms. The number of pyridine rings is 2. The van der Waals surface area contributed by atoms with E-state index in [9.17, 15) is 0 Å². The molecule has 1 N–H and O–H groups in total. The van der Waals surface area contributed by atoms with Gasteiger partial charge in [-0.1, -0.05) is 12.1 Å². The largest absolute Gasteiger partial charge is 0.352 e. The second-order valence-electron chi connectivity index (χ2n) is 6.33. The second-order valence-corrected chi connectivity index (χ2v) is 6.72. The average Bonchev–Trinajstić information content (AvgIpc) is 3.26. The Morgan fingerprint density at radius 3 is 2.77 bits per heavy atom. The Balaban J connectivity index is 1.72. The third kappa shape index (κ3) is 3.08. The molecule has 5 nitrogen and oxygen atoms in total. The predicted molar refractivity (Wildman–Crippen MR) is 106 cm³/mol. The van der Waals surface area contributed by atoms with Gasteiger partial charge in [0.15, 0.2) is 5.11 Å². The molecule has 0 aliphatic carbocycles. The van der Waals surface area contributed by atoms with Gasteiger partial charge in [0.2, 0.25) is 0 Å². The predicted octanol–water partition coefficient (Wildman–Crippen LogP) is 3.32. The first-order valence-electron chi connectivity index (χ1n) is 8.80. The Hall–Kier alpha value is -2.73. The van der Waals surface area contributed by atoms with E-state index in [-0.39, 0.29) is 12.1 Å². The van der Waals surface area contributed by atoms with E-state index in [1.807, 2.05) is 30.6 Å². The van der Waals surface area contributed by atoms with Crippen LogP contribution in [-0.2, 0) is 6.54 Å². The normalized spacial score (nSPS) is 19.6. The molecule has 0 spiro atoms. The minimum Gasteiger partial charge on any atom is -0.352 e. The van der Waals surface area contributed by atoms with Crippen LogP contribution >= 0.6 is 12.2 Å². The number of aromatic nitrogens is 3. The van der Waals surface area contributed by atoms with Crippen molar-refractivity contribution in [3.05, 3.63) is 84.2 Å². The second kappa shape index (κ2) is 7.25. The van der Waals surface area contributed by atoms with Crippen molar-refractivity contribution in [1.82, 2.24) is 24.8 Å². The monoisotopic (exact) mass is 363 g/mol. The Morgan fingerprint density at radius 1 is 1.12 bits per heavy atom. The third-order valence-corrected chi connectivity index (χ3v) is 5.13. The Morgan fingerprint density at radius 2 is 2.04 bits per heavy atom. The minimum atomic E-state index is 0.0335. The van der Waals surface area contributed by atoms with Crippen LogP contribution < -0.4 is 5.32 Å². The van der Waals surface area contributed by atoms with Crippen LogP contribution in [0.2, 0.25) is 0 Å². The van der Waals surface area contributed by atoms with E-state index in [1.54, 1.807) is 6.20 Å². The van der Waals surface area contributed by atoms with Gasteiger partial charge in [-0.15, -0.1) is 0 Å². The molecule has 0 aromatic carbocycles. The summed E-state index contributed by atoms with van der Waals surface area (Å²) in [4.78, 5) is 11.0. The van der Waals surface area contributed by atoms with Gasteiger partial charge in [-0.25, -0.2) is 0 Å². The molecule has 0 unspecified atom stereocenters. The number of nitrogens with one attached hydrogen (secondary N) is 1. The summed E-state index contributed by atoms with van der Waals surface area (Å²) in [5.41, 5.74) is 3.40. The highest BCUT2D eigenvalue weighted by molar-refractivity contribution is 7.80. The number of likely N-dealkylation sites (N-methyl/N-ethyl adjacent to an activating group) is 1. The number of hydrogen-bond donors (Lipinski definition) is 1. The van der Waals surface area contributed by atoms with Gasteiger partial charge in [-0.2, -0.15) is 0 Å². The van der Waals surface area contributed by atoms with Crippen molar-refractivity contribution < 1.29 is 0 Å². The van der Waals surface area contributed by atoms with Crippen LogP contribution in [0, 0.1) is 0 Å². The summed E-state index contributed by atoms with van der Waals surface area (Å²) in [6.07, 6.45) is 7.66. The van der Waals surface area contributed by atoms with Gasteiger partial charge >= 0.3 is 0 Å². The summed E-state index contributed by atoms with van der Waals surface area (Å²) >= 11 is 5.61. The Labute approximate surface area is 158 Å². The van der Waals surface area contributed by atoms with Gasteiger partial charge in [0.1, 0.15) is 0 Å². The van der Waals surface area contributed by atoms with Crippen LogP contribution in [0.15, 0.2) is 67.3 Å². The van der Waals surface area contributed by atoms with Gasteiger partial charge in [0, 0.05) is 43.6 Å². The molecule has 4 heterocycles. The smallest absolute Gasteiger partial charge is 0.170 e. The van der Waals surface area contributed by atoms with Crippen LogP contribution in [0.1, 0.15) is 36.0 Å². The first kappa shape index (κ1) is 16.7. The van der Waals surface area contributed by atoms with Crippen molar-refractivity contribution >= 4 is 17.3 Å². The van der Waals surface area contributed by atoms with Crippen molar-refractivity contribution in [3.63, 3.8) is 0 Å². The van der Waals surface area contributed by atoms with Crippen LogP contribution in [0.4, 0.5) is 0 Å². The van der Waals surface area contributed by atoms with E-state index < -0.39 is 0 Å². The topological polar surface area (TPSA) is 46.0 Å². The fraction of sp³-hybridized carbons (Fsp3) is 0.250. The van der Waals surface area contributed by atoms with E-state index in [1.165, 1.54) is 11.3 Å². The van der Waals surface area contributed by atoms with Crippen molar-refractivity contribution in [3.8, 4) is 0 Å². The Kier molecular flexibility index (Phi) is 4.67. The summed E-state index contributed by atoms with van der Waals surface area (Å²) in [5.74, 6) is 0. The molecule has 1 aliphatic rings. The lowest BCUT2D eigenvalue weighted by molar-refractivity contribution is 0.316. The highest BCUT2D eigenvalue weighted by Crippen LogP contribution is 2.38. The molecule has 3 aromatic heterocycles. The molecule has 0 radical (unpaired) electrons. The molecule has 1 fully saturated rings. The molecule has 0 amide bonds. The molecule has 1 saturated heterocycles. The maximum Gasteiger partial charge on any atom is 0.170 e. The van der Waals surface area contributed by atoms with Crippen LogP contribution in [-0.4, -0.2) is 31.1 Å². The van der Waals surface area contributed by atoms with E-state index >= 15 is 0 Å². The summed E-state index contributed by atoms with van der Waals surface area (Å²) in [6, 6.07) is 14.5. The third-order valence-electron chi connectivity index (χ3n) is 4.78. The maximum atomic E-state index is 5.61. The van der Waals surface area contributed by atoms with E-state index in [4.69, 9.17) is 12.2 Å². The maximum absolute atomic E-state index is 5.61. The van der Waals surface area contributed by atoms with Gasteiger partial charge in [-0.3, -0.25) is 9.97 Å². The highest BCUT2D eigenvalue weighted by atomic mass is 32.1. The first-order valence-corrected chi connectivity index (χ1v) is 9.20. The zero-order valence-corrected chi connectivity index (χ0v) is 15.4. The number of hydrogen-bond acceptors (Lipinski definition) is 3. The lowest BCUT2D eigenvalue weighted by Crippen LogP contribution is -2.30. The van der Waals surface area contributed by atoms with Crippen molar-refractivity contribution in [2.24, 2.45) is 0 Å². The van der Waals surface area contributed by atoms with E-state index in [0.717, 1.165) is 23.9 Å². The summed E-state index contributed by atoms with van der Waals surface area (Å²) in [5, 5.41) is 4.25. The zero-order chi connectivity index (χ0) is 17.9. The van der Waals surface area contributed by atoms with Gasteiger partial charge in [0.05, 0.1) is 17.8 Å². The number of nitrogens with zero attached hydrogens (tertiary/aromatic N) is 4. The van der Waals surface area contributed by atoms with E-state index in [0.29, 0.717) is 0 Å². The van der Waals surface area contributed by atoms with Crippen LogP contribution in [0.25, 0.3) is 0 Å². The van der Waals surface area contributed by atoms with Gasteiger partial charge in [-0.05, 0) is 55.0 Å². The number of thiocarbonyl (C=S) groups is 1. The Bertz CT molecular complexity index is 877. The molecular formula is C20H21N5S.